The minimum atomic E-state index is -0.560. The van der Waals surface area contributed by atoms with Gasteiger partial charge in [-0.25, -0.2) is 0 Å². The SMILES string of the molecule is NC1C(=O)Nc2cc(N3CCc4sccc4C3)c(Br)cc21. The lowest BCUT2D eigenvalue weighted by atomic mass is 10.1. The van der Waals surface area contributed by atoms with E-state index in [1.807, 2.05) is 23.5 Å². The Hall–Kier alpha value is -1.37. The normalized spacial score (nSPS) is 20.2. The summed E-state index contributed by atoms with van der Waals surface area (Å²) < 4.78 is 0.992. The van der Waals surface area contributed by atoms with Crippen molar-refractivity contribution in [2.75, 3.05) is 16.8 Å². The molecule has 1 amide bonds. The average Bonchev–Trinajstić information content (AvgIpc) is 3.04. The number of hydrogen-bond acceptors (Lipinski definition) is 4. The van der Waals surface area contributed by atoms with Crippen LogP contribution in [-0.2, 0) is 17.8 Å². The molecule has 4 rings (SSSR count). The molecule has 0 bridgehead atoms. The van der Waals surface area contributed by atoms with Crippen LogP contribution in [0, 0.1) is 0 Å². The molecule has 108 valence electrons. The molecule has 6 heteroatoms. The van der Waals surface area contributed by atoms with Crippen LogP contribution in [0.25, 0.3) is 0 Å². The standard InChI is InChI=1S/C15H14BrN3OS/c16-10-5-9-11(18-15(20)14(9)17)6-12(10)19-3-1-13-8(7-19)2-4-21-13/h2,4-6,14H,1,3,7,17H2,(H,18,20). The molecule has 2 aromatic rings. The summed E-state index contributed by atoms with van der Waals surface area (Å²) in [6.45, 7) is 1.90. The predicted octanol–water partition coefficient (Wildman–Crippen LogP) is 3.03. The monoisotopic (exact) mass is 363 g/mol. The highest BCUT2D eigenvalue weighted by atomic mass is 79.9. The summed E-state index contributed by atoms with van der Waals surface area (Å²) in [5.74, 6) is -0.132. The zero-order chi connectivity index (χ0) is 14.6. The first kappa shape index (κ1) is 13.3. The van der Waals surface area contributed by atoms with Crippen LogP contribution in [0.15, 0.2) is 28.1 Å². The van der Waals surface area contributed by atoms with Crippen molar-refractivity contribution in [3.63, 3.8) is 0 Å². The first-order valence-electron chi connectivity index (χ1n) is 6.83. The highest BCUT2D eigenvalue weighted by Gasteiger charge is 2.29. The number of thiophene rings is 1. The summed E-state index contributed by atoms with van der Waals surface area (Å²) in [7, 11) is 0. The lowest BCUT2D eigenvalue weighted by molar-refractivity contribution is -0.116. The third-order valence-electron chi connectivity index (χ3n) is 4.14. The average molecular weight is 364 g/mol. The summed E-state index contributed by atoms with van der Waals surface area (Å²) in [5.41, 5.74) is 10.1. The molecule has 0 aliphatic carbocycles. The number of nitrogens with zero attached hydrogens (tertiary/aromatic N) is 1. The molecule has 4 nitrogen and oxygen atoms in total. The van der Waals surface area contributed by atoms with E-state index in [0.717, 1.165) is 40.9 Å². The first-order chi connectivity index (χ1) is 10.1. The number of rotatable bonds is 1. The molecule has 1 atom stereocenters. The van der Waals surface area contributed by atoms with E-state index in [4.69, 9.17) is 5.73 Å². The Labute approximate surface area is 135 Å². The second kappa shape index (κ2) is 4.83. The molecule has 21 heavy (non-hydrogen) atoms. The second-order valence-corrected chi connectivity index (χ2v) is 7.25. The first-order valence-corrected chi connectivity index (χ1v) is 8.51. The number of nitrogens with one attached hydrogen (secondary N) is 1. The Kier molecular flexibility index (Phi) is 3.06. The number of anilines is 2. The van der Waals surface area contributed by atoms with Crippen LogP contribution >= 0.6 is 27.3 Å². The molecular weight excluding hydrogens is 350 g/mol. The van der Waals surface area contributed by atoms with Gasteiger partial charge in [0.15, 0.2) is 0 Å². The highest BCUT2D eigenvalue weighted by Crippen LogP contribution is 2.40. The summed E-state index contributed by atoms with van der Waals surface area (Å²) in [6, 6.07) is 5.64. The van der Waals surface area contributed by atoms with Crippen molar-refractivity contribution < 1.29 is 4.79 Å². The van der Waals surface area contributed by atoms with Gasteiger partial charge in [-0.3, -0.25) is 4.79 Å². The summed E-state index contributed by atoms with van der Waals surface area (Å²) in [5, 5.41) is 5.02. The summed E-state index contributed by atoms with van der Waals surface area (Å²) >= 11 is 5.47. The Morgan fingerprint density at radius 1 is 1.43 bits per heavy atom. The van der Waals surface area contributed by atoms with Gasteiger partial charge in [0.25, 0.3) is 0 Å². The van der Waals surface area contributed by atoms with Gasteiger partial charge in [-0.15, -0.1) is 11.3 Å². The predicted molar refractivity (Wildman–Crippen MR) is 88.8 cm³/mol. The van der Waals surface area contributed by atoms with Crippen LogP contribution in [0.2, 0.25) is 0 Å². The van der Waals surface area contributed by atoms with Crippen molar-refractivity contribution in [3.8, 4) is 0 Å². The van der Waals surface area contributed by atoms with Gasteiger partial charge in [-0.1, -0.05) is 0 Å². The smallest absolute Gasteiger partial charge is 0.245 e. The molecular formula is C15H14BrN3OS. The van der Waals surface area contributed by atoms with Gasteiger partial charge in [-0.2, -0.15) is 0 Å². The van der Waals surface area contributed by atoms with E-state index in [1.54, 1.807) is 0 Å². The van der Waals surface area contributed by atoms with Crippen molar-refractivity contribution in [1.82, 2.24) is 0 Å². The molecule has 0 fully saturated rings. The molecule has 3 N–H and O–H groups in total. The fraction of sp³-hybridized carbons (Fsp3) is 0.267. The number of fused-ring (bicyclic) bond motifs is 2. The molecule has 2 aliphatic heterocycles. The lowest BCUT2D eigenvalue weighted by Gasteiger charge is -2.30. The molecule has 1 unspecified atom stereocenters. The molecule has 0 saturated heterocycles. The molecule has 0 saturated carbocycles. The maximum atomic E-state index is 11.7. The summed E-state index contributed by atoms with van der Waals surface area (Å²) in [6.07, 6.45) is 1.07. The Morgan fingerprint density at radius 2 is 2.29 bits per heavy atom. The maximum Gasteiger partial charge on any atom is 0.245 e. The number of carbonyl (C=O) groups excluding carboxylic acids is 1. The van der Waals surface area contributed by atoms with Gasteiger partial charge in [0.1, 0.15) is 6.04 Å². The van der Waals surface area contributed by atoms with E-state index in [-0.39, 0.29) is 5.91 Å². The Bertz CT molecular complexity index is 743. The fourth-order valence-corrected chi connectivity index (χ4v) is 4.49. The maximum absolute atomic E-state index is 11.7. The van der Waals surface area contributed by atoms with E-state index < -0.39 is 6.04 Å². The molecule has 0 radical (unpaired) electrons. The van der Waals surface area contributed by atoms with Crippen molar-refractivity contribution in [2.24, 2.45) is 5.73 Å². The molecule has 1 aromatic heterocycles. The van der Waals surface area contributed by atoms with E-state index in [0.29, 0.717) is 0 Å². The number of hydrogen-bond donors (Lipinski definition) is 2. The zero-order valence-electron chi connectivity index (χ0n) is 11.2. The van der Waals surface area contributed by atoms with Gasteiger partial charge < -0.3 is 16.0 Å². The number of benzene rings is 1. The second-order valence-electron chi connectivity index (χ2n) is 5.40. The van der Waals surface area contributed by atoms with E-state index >= 15 is 0 Å². The third-order valence-corrected chi connectivity index (χ3v) is 5.80. The van der Waals surface area contributed by atoms with Crippen molar-refractivity contribution in [1.29, 1.82) is 0 Å². The molecule has 1 aromatic carbocycles. The molecule has 2 aliphatic rings. The van der Waals surface area contributed by atoms with Crippen LogP contribution in [0.1, 0.15) is 22.0 Å². The van der Waals surface area contributed by atoms with Crippen molar-refractivity contribution in [3.05, 3.63) is 44.1 Å². The minimum Gasteiger partial charge on any atom is -0.366 e. The van der Waals surface area contributed by atoms with Gasteiger partial charge in [0, 0.05) is 33.7 Å². The van der Waals surface area contributed by atoms with Gasteiger partial charge in [-0.05, 0) is 51.5 Å². The van der Waals surface area contributed by atoms with E-state index in [9.17, 15) is 4.79 Å². The number of halogens is 1. The molecule has 3 heterocycles. The van der Waals surface area contributed by atoms with Crippen molar-refractivity contribution in [2.45, 2.75) is 19.0 Å². The van der Waals surface area contributed by atoms with Crippen molar-refractivity contribution >= 4 is 44.5 Å². The highest BCUT2D eigenvalue weighted by molar-refractivity contribution is 9.10. The Balaban J connectivity index is 1.71. The van der Waals surface area contributed by atoms with Gasteiger partial charge in [0.2, 0.25) is 5.91 Å². The van der Waals surface area contributed by atoms with Gasteiger partial charge in [0.05, 0.1) is 5.69 Å². The number of carbonyl (C=O) groups is 1. The van der Waals surface area contributed by atoms with Crippen LogP contribution in [0.3, 0.4) is 0 Å². The van der Waals surface area contributed by atoms with Gasteiger partial charge >= 0.3 is 0 Å². The van der Waals surface area contributed by atoms with E-state index in [2.05, 4.69) is 37.6 Å². The van der Waals surface area contributed by atoms with Crippen LogP contribution in [0.4, 0.5) is 11.4 Å². The largest absolute Gasteiger partial charge is 0.366 e. The van der Waals surface area contributed by atoms with Crippen LogP contribution < -0.4 is 16.0 Å². The number of amides is 1. The zero-order valence-corrected chi connectivity index (χ0v) is 13.6. The van der Waals surface area contributed by atoms with E-state index in [1.165, 1.54) is 10.4 Å². The summed E-state index contributed by atoms with van der Waals surface area (Å²) in [4.78, 5) is 15.5. The fourth-order valence-electron chi connectivity index (χ4n) is 2.99. The quantitative estimate of drug-likeness (QED) is 0.818. The minimum absolute atomic E-state index is 0.132. The van der Waals surface area contributed by atoms with Crippen LogP contribution in [-0.4, -0.2) is 12.5 Å². The third kappa shape index (κ3) is 2.09. The lowest BCUT2D eigenvalue weighted by Crippen LogP contribution is -2.29. The van der Waals surface area contributed by atoms with Crippen LogP contribution in [0.5, 0.6) is 0 Å². The Morgan fingerprint density at radius 3 is 3.14 bits per heavy atom. The molecule has 0 spiro atoms. The topological polar surface area (TPSA) is 58.4 Å². The number of nitrogens with two attached hydrogens (primary N) is 1.